The third-order valence-electron chi connectivity index (χ3n) is 1.84. The molecule has 0 unspecified atom stereocenters. The molecule has 1 aliphatic heterocycles. The highest BCUT2D eigenvalue weighted by Crippen LogP contribution is 2.09. The van der Waals surface area contributed by atoms with Gasteiger partial charge in [0.25, 0.3) is 0 Å². The zero-order valence-corrected chi connectivity index (χ0v) is 10.1. The highest BCUT2D eigenvalue weighted by molar-refractivity contribution is 9.10. The molecule has 0 amide bonds. The van der Waals surface area contributed by atoms with E-state index in [1.54, 1.807) is 0 Å². The van der Waals surface area contributed by atoms with Gasteiger partial charge in [-0.15, -0.1) is 0 Å². The molecule has 1 aliphatic rings. The second kappa shape index (κ2) is 7.82. The summed E-state index contributed by atoms with van der Waals surface area (Å²) >= 11 is 3.29. The summed E-state index contributed by atoms with van der Waals surface area (Å²) in [5, 5.41) is 8.61. The molecule has 1 fully saturated rings. The van der Waals surface area contributed by atoms with Crippen LogP contribution < -0.4 is 0 Å². The van der Waals surface area contributed by atoms with Crippen molar-refractivity contribution in [3.63, 3.8) is 0 Å². The van der Waals surface area contributed by atoms with Gasteiger partial charge in [-0.1, -0.05) is 28.1 Å². The molecule has 4 heteroatoms. The first-order valence-electron chi connectivity index (χ1n) is 4.83. The normalized spacial score (nSPS) is 15.3. The fourth-order valence-corrected chi connectivity index (χ4v) is 1.29. The van der Waals surface area contributed by atoms with Crippen molar-refractivity contribution in [2.45, 2.75) is 6.61 Å². The molecule has 0 spiro atoms. The predicted octanol–water partition coefficient (Wildman–Crippen LogP) is 1.97. The zero-order valence-electron chi connectivity index (χ0n) is 8.49. The lowest BCUT2D eigenvalue weighted by Gasteiger charge is -2.09. The molecule has 0 saturated carbocycles. The maximum absolute atomic E-state index is 8.61. The number of aliphatic hydroxyl groups is 1. The van der Waals surface area contributed by atoms with Gasteiger partial charge in [0.15, 0.2) is 0 Å². The van der Waals surface area contributed by atoms with Gasteiger partial charge in [-0.25, -0.2) is 0 Å². The molecular weight excluding hydrogens is 260 g/mol. The molecule has 15 heavy (non-hydrogen) atoms. The van der Waals surface area contributed by atoms with Crippen LogP contribution in [0.2, 0.25) is 0 Å². The molecule has 0 aromatic heterocycles. The topological polar surface area (TPSA) is 38.7 Å². The Kier molecular flexibility index (Phi) is 6.59. The van der Waals surface area contributed by atoms with Crippen LogP contribution >= 0.6 is 15.9 Å². The average Bonchev–Trinajstić information content (AvgIpc) is 2.33. The highest BCUT2D eigenvalue weighted by atomic mass is 79.9. The van der Waals surface area contributed by atoms with E-state index in [1.807, 2.05) is 24.3 Å². The Bertz CT molecular complexity index is 246. The number of hydrogen-bond acceptors (Lipinski definition) is 3. The predicted molar refractivity (Wildman–Crippen MR) is 61.7 cm³/mol. The van der Waals surface area contributed by atoms with Crippen LogP contribution in [0.15, 0.2) is 28.7 Å². The molecule has 84 valence electrons. The molecule has 0 aliphatic carbocycles. The number of aliphatic hydroxyl groups excluding tert-OH is 1. The van der Waals surface area contributed by atoms with Gasteiger partial charge in [0.1, 0.15) is 0 Å². The minimum absolute atomic E-state index is 0.118. The number of ether oxygens (including phenoxy) is 2. The molecule has 1 aromatic rings. The van der Waals surface area contributed by atoms with Crippen molar-refractivity contribution < 1.29 is 14.6 Å². The molecule has 1 aromatic carbocycles. The van der Waals surface area contributed by atoms with E-state index in [2.05, 4.69) is 15.9 Å². The standard InChI is InChI=1S/C7H7BrO.C4H8O2/c8-7-3-1-6(5-9)2-4-7;1-2-6-4-3-5-1/h1-4,9H,5H2;1-4H2. The van der Waals surface area contributed by atoms with E-state index in [1.165, 1.54) is 0 Å². The lowest BCUT2D eigenvalue weighted by atomic mass is 10.2. The van der Waals surface area contributed by atoms with Gasteiger partial charge in [0.05, 0.1) is 33.0 Å². The van der Waals surface area contributed by atoms with E-state index in [0.717, 1.165) is 36.5 Å². The van der Waals surface area contributed by atoms with Gasteiger partial charge in [0.2, 0.25) is 0 Å². The fourth-order valence-electron chi connectivity index (χ4n) is 1.03. The van der Waals surface area contributed by atoms with Crippen LogP contribution in [0.5, 0.6) is 0 Å². The SMILES string of the molecule is C1COCCO1.OCc1ccc(Br)cc1. The molecule has 2 rings (SSSR count). The van der Waals surface area contributed by atoms with Gasteiger partial charge in [-0.05, 0) is 17.7 Å². The van der Waals surface area contributed by atoms with Crippen LogP contribution in [0.4, 0.5) is 0 Å². The Labute approximate surface area is 98.1 Å². The second-order valence-corrected chi connectivity index (χ2v) is 3.93. The van der Waals surface area contributed by atoms with Gasteiger partial charge < -0.3 is 14.6 Å². The average molecular weight is 275 g/mol. The van der Waals surface area contributed by atoms with Crippen LogP contribution in [0.3, 0.4) is 0 Å². The third-order valence-corrected chi connectivity index (χ3v) is 2.37. The van der Waals surface area contributed by atoms with Gasteiger partial charge in [-0.3, -0.25) is 0 Å². The second-order valence-electron chi connectivity index (χ2n) is 3.01. The van der Waals surface area contributed by atoms with E-state index in [0.29, 0.717) is 0 Å². The van der Waals surface area contributed by atoms with Gasteiger partial charge in [-0.2, -0.15) is 0 Å². The maximum atomic E-state index is 8.61. The molecule has 1 saturated heterocycles. The number of hydrogen-bond donors (Lipinski definition) is 1. The van der Waals surface area contributed by atoms with Crippen molar-refractivity contribution in [2.24, 2.45) is 0 Å². The van der Waals surface area contributed by atoms with Crippen LogP contribution in [0.25, 0.3) is 0 Å². The minimum Gasteiger partial charge on any atom is -0.392 e. The monoisotopic (exact) mass is 274 g/mol. The lowest BCUT2D eigenvalue weighted by Crippen LogP contribution is -2.16. The smallest absolute Gasteiger partial charge is 0.0701 e. The molecule has 1 heterocycles. The first-order valence-corrected chi connectivity index (χ1v) is 5.63. The zero-order chi connectivity index (χ0) is 10.9. The highest BCUT2D eigenvalue weighted by Gasteiger charge is 1.94. The van der Waals surface area contributed by atoms with E-state index in [4.69, 9.17) is 14.6 Å². The first-order chi connectivity index (χ1) is 7.33. The van der Waals surface area contributed by atoms with Crippen LogP contribution in [-0.2, 0) is 16.1 Å². The summed E-state index contributed by atoms with van der Waals surface area (Å²) < 4.78 is 10.9. The largest absolute Gasteiger partial charge is 0.392 e. The Morgan fingerprint density at radius 1 is 1.00 bits per heavy atom. The fraction of sp³-hybridized carbons (Fsp3) is 0.455. The van der Waals surface area contributed by atoms with Crippen molar-refractivity contribution in [1.29, 1.82) is 0 Å². The van der Waals surface area contributed by atoms with Crippen LogP contribution in [0.1, 0.15) is 5.56 Å². The van der Waals surface area contributed by atoms with Crippen molar-refractivity contribution >= 4 is 15.9 Å². The van der Waals surface area contributed by atoms with Crippen molar-refractivity contribution in [2.75, 3.05) is 26.4 Å². The Morgan fingerprint density at radius 3 is 1.80 bits per heavy atom. The molecule has 0 radical (unpaired) electrons. The molecule has 0 atom stereocenters. The minimum atomic E-state index is 0.118. The lowest BCUT2D eigenvalue weighted by molar-refractivity contribution is -0.0334. The summed E-state index contributed by atoms with van der Waals surface area (Å²) in [5.41, 5.74) is 0.943. The summed E-state index contributed by atoms with van der Waals surface area (Å²) in [6.07, 6.45) is 0. The van der Waals surface area contributed by atoms with Crippen molar-refractivity contribution in [3.05, 3.63) is 34.3 Å². The van der Waals surface area contributed by atoms with E-state index < -0.39 is 0 Å². The van der Waals surface area contributed by atoms with E-state index >= 15 is 0 Å². The Balaban J connectivity index is 0.000000162. The summed E-state index contributed by atoms with van der Waals surface area (Å²) in [5.74, 6) is 0. The molecule has 0 bridgehead atoms. The van der Waals surface area contributed by atoms with Crippen molar-refractivity contribution in [3.8, 4) is 0 Å². The molecular formula is C11H15BrO3. The van der Waals surface area contributed by atoms with Crippen LogP contribution in [-0.4, -0.2) is 31.5 Å². The first kappa shape index (κ1) is 12.6. The summed E-state index contributed by atoms with van der Waals surface area (Å²) in [4.78, 5) is 0. The number of halogens is 1. The van der Waals surface area contributed by atoms with E-state index in [9.17, 15) is 0 Å². The van der Waals surface area contributed by atoms with Crippen LogP contribution in [0, 0.1) is 0 Å². The van der Waals surface area contributed by atoms with Crippen molar-refractivity contribution in [1.82, 2.24) is 0 Å². The Morgan fingerprint density at radius 2 is 1.47 bits per heavy atom. The summed E-state index contributed by atoms with van der Waals surface area (Å²) in [6, 6.07) is 7.57. The summed E-state index contributed by atoms with van der Waals surface area (Å²) in [7, 11) is 0. The quantitative estimate of drug-likeness (QED) is 0.851. The number of benzene rings is 1. The maximum Gasteiger partial charge on any atom is 0.0701 e. The number of rotatable bonds is 1. The Hall–Kier alpha value is -0.420. The molecule has 3 nitrogen and oxygen atoms in total. The summed E-state index contributed by atoms with van der Waals surface area (Å²) in [6.45, 7) is 3.23. The van der Waals surface area contributed by atoms with Gasteiger partial charge in [0, 0.05) is 4.47 Å². The van der Waals surface area contributed by atoms with Gasteiger partial charge >= 0.3 is 0 Å². The third kappa shape index (κ3) is 5.89. The van der Waals surface area contributed by atoms with E-state index in [-0.39, 0.29) is 6.61 Å². The molecule has 1 N–H and O–H groups in total.